The third-order valence-electron chi connectivity index (χ3n) is 11.7. The van der Waals surface area contributed by atoms with Gasteiger partial charge in [-0.25, -0.2) is 0 Å². The van der Waals surface area contributed by atoms with E-state index in [1.54, 1.807) is 0 Å². The zero-order valence-corrected chi connectivity index (χ0v) is 22.7. The largest absolute Gasteiger partial charge is 0.492 e. The summed E-state index contributed by atoms with van der Waals surface area (Å²) >= 11 is 0. The van der Waals surface area contributed by atoms with Gasteiger partial charge in [-0.1, -0.05) is 24.3 Å². The van der Waals surface area contributed by atoms with Crippen LogP contribution in [0.5, 0.6) is 11.5 Å². The van der Waals surface area contributed by atoms with Crippen molar-refractivity contribution >= 4 is 5.78 Å². The van der Waals surface area contributed by atoms with E-state index in [0.717, 1.165) is 60.2 Å². The van der Waals surface area contributed by atoms with E-state index in [1.165, 1.54) is 77.0 Å². The van der Waals surface area contributed by atoms with Crippen LogP contribution in [0.15, 0.2) is 48.5 Å². The van der Waals surface area contributed by atoms with Gasteiger partial charge in [-0.3, -0.25) is 4.79 Å². The van der Waals surface area contributed by atoms with Gasteiger partial charge in [-0.2, -0.15) is 0 Å². The fraction of sp³-hybridized carbons (Fsp3) is 0.629. The van der Waals surface area contributed by atoms with Crippen molar-refractivity contribution in [1.29, 1.82) is 0 Å². The van der Waals surface area contributed by atoms with Crippen LogP contribution >= 0.6 is 0 Å². The van der Waals surface area contributed by atoms with Crippen molar-refractivity contribution in [2.75, 3.05) is 13.2 Å². The molecule has 0 atom stereocenters. The number of para-hydroxylation sites is 2. The molecule has 38 heavy (non-hydrogen) atoms. The van der Waals surface area contributed by atoms with Crippen LogP contribution in [0.25, 0.3) is 0 Å². The summed E-state index contributed by atoms with van der Waals surface area (Å²) in [6.45, 7) is 1.51. The Morgan fingerprint density at radius 1 is 0.553 bits per heavy atom. The average Bonchev–Trinajstić information content (AvgIpc) is 2.89. The van der Waals surface area contributed by atoms with E-state index in [1.807, 2.05) is 48.5 Å². The first-order valence-corrected chi connectivity index (χ1v) is 15.5. The van der Waals surface area contributed by atoms with Crippen LogP contribution in [0.1, 0.15) is 93.0 Å². The summed E-state index contributed by atoms with van der Waals surface area (Å²) in [5.41, 5.74) is 1.99. The van der Waals surface area contributed by atoms with Crippen molar-refractivity contribution in [2.45, 2.75) is 77.0 Å². The number of carbonyl (C=O) groups excluding carboxylic acids is 1. The SMILES string of the molecule is O=C(c1ccccc1OCC12CC3CC(CC(C3)C1)C2)c1ccccc1OCC12CC3CC(CC(C3)C1)C2. The standard InChI is InChI=1S/C35H42O3/c36-33(29-5-1-3-7-31(29)37-21-34-15-23-9-24(16-34)11-25(10-23)17-34)30-6-2-4-8-32(30)38-22-35-18-26-12-27(19-35)14-28(13-26)20-35/h1-8,23-28H,9-22H2. The van der Waals surface area contributed by atoms with Crippen LogP contribution < -0.4 is 9.47 Å². The Kier molecular flexibility index (Phi) is 5.50. The number of ether oxygens (including phenoxy) is 2. The monoisotopic (exact) mass is 510 g/mol. The number of ketones is 1. The second kappa shape index (κ2) is 8.86. The molecule has 8 bridgehead atoms. The number of rotatable bonds is 8. The molecule has 3 nitrogen and oxygen atoms in total. The maximum absolute atomic E-state index is 14.0. The normalized spacial score (nSPS) is 39.9. The Labute approximate surface area is 227 Å². The minimum Gasteiger partial charge on any atom is -0.492 e. The maximum Gasteiger partial charge on any atom is 0.200 e. The average molecular weight is 511 g/mol. The summed E-state index contributed by atoms with van der Waals surface area (Å²) in [4.78, 5) is 14.0. The molecule has 0 radical (unpaired) electrons. The van der Waals surface area contributed by atoms with Crippen molar-refractivity contribution in [2.24, 2.45) is 46.3 Å². The molecule has 0 aliphatic heterocycles. The Morgan fingerprint density at radius 3 is 1.21 bits per heavy atom. The molecule has 8 aliphatic carbocycles. The zero-order valence-electron chi connectivity index (χ0n) is 22.7. The Bertz CT molecular complexity index is 1060. The molecule has 0 saturated heterocycles. The predicted molar refractivity (Wildman–Crippen MR) is 149 cm³/mol. The van der Waals surface area contributed by atoms with Gasteiger partial charge in [0.2, 0.25) is 0 Å². The molecular formula is C35H42O3. The molecule has 0 aromatic heterocycles. The highest BCUT2D eigenvalue weighted by Gasteiger charge is 2.52. The molecule has 3 heteroatoms. The molecule has 0 spiro atoms. The highest BCUT2D eigenvalue weighted by Crippen LogP contribution is 2.61. The van der Waals surface area contributed by atoms with Crippen molar-refractivity contribution in [1.82, 2.24) is 0 Å². The number of carbonyl (C=O) groups is 1. The van der Waals surface area contributed by atoms with E-state index in [9.17, 15) is 4.79 Å². The summed E-state index contributed by atoms with van der Waals surface area (Å²) in [6, 6.07) is 15.8. The van der Waals surface area contributed by atoms with Gasteiger partial charge in [0.15, 0.2) is 5.78 Å². The summed E-state index contributed by atoms with van der Waals surface area (Å²) in [7, 11) is 0. The highest BCUT2D eigenvalue weighted by atomic mass is 16.5. The van der Waals surface area contributed by atoms with E-state index >= 15 is 0 Å². The van der Waals surface area contributed by atoms with Gasteiger partial charge in [0.05, 0.1) is 24.3 Å². The van der Waals surface area contributed by atoms with Crippen LogP contribution in [-0.2, 0) is 0 Å². The number of hydrogen-bond donors (Lipinski definition) is 0. The lowest BCUT2D eigenvalue weighted by atomic mass is 9.50. The molecule has 8 fully saturated rings. The summed E-state index contributed by atoms with van der Waals surface area (Å²) in [5, 5.41) is 0. The lowest BCUT2D eigenvalue weighted by Crippen LogP contribution is -2.48. The lowest BCUT2D eigenvalue weighted by molar-refractivity contribution is -0.0746. The van der Waals surface area contributed by atoms with Crippen LogP contribution in [0, 0.1) is 46.3 Å². The van der Waals surface area contributed by atoms with E-state index in [2.05, 4.69) is 0 Å². The quantitative estimate of drug-likeness (QED) is 0.337. The molecule has 8 saturated carbocycles. The molecule has 0 N–H and O–H groups in total. The predicted octanol–water partition coefficient (Wildman–Crippen LogP) is 8.11. The second-order valence-corrected chi connectivity index (χ2v) is 14.7. The lowest BCUT2D eigenvalue weighted by Gasteiger charge is -2.56. The molecule has 2 aromatic carbocycles. The summed E-state index contributed by atoms with van der Waals surface area (Å²) < 4.78 is 13.1. The minimum absolute atomic E-state index is 0.0206. The van der Waals surface area contributed by atoms with Gasteiger partial charge in [-0.15, -0.1) is 0 Å². The van der Waals surface area contributed by atoms with Crippen LogP contribution in [0.3, 0.4) is 0 Å². The highest BCUT2D eigenvalue weighted by molar-refractivity contribution is 6.12. The van der Waals surface area contributed by atoms with Crippen molar-refractivity contribution in [3.8, 4) is 11.5 Å². The van der Waals surface area contributed by atoms with Gasteiger partial charge >= 0.3 is 0 Å². The Hall–Kier alpha value is -2.29. The maximum atomic E-state index is 14.0. The van der Waals surface area contributed by atoms with Crippen molar-refractivity contribution < 1.29 is 14.3 Å². The van der Waals surface area contributed by atoms with Crippen LogP contribution in [0.4, 0.5) is 0 Å². The zero-order chi connectivity index (χ0) is 25.3. The Balaban J connectivity index is 1.00. The van der Waals surface area contributed by atoms with Gasteiger partial charge < -0.3 is 9.47 Å². The van der Waals surface area contributed by atoms with E-state index in [0.29, 0.717) is 22.0 Å². The molecule has 8 aliphatic rings. The number of benzene rings is 2. The van der Waals surface area contributed by atoms with E-state index < -0.39 is 0 Å². The topological polar surface area (TPSA) is 35.5 Å². The molecule has 0 amide bonds. The van der Waals surface area contributed by atoms with E-state index in [4.69, 9.17) is 9.47 Å². The van der Waals surface area contributed by atoms with Crippen LogP contribution in [0.2, 0.25) is 0 Å². The third kappa shape index (κ3) is 4.11. The number of hydrogen-bond acceptors (Lipinski definition) is 3. The first-order valence-electron chi connectivity index (χ1n) is 15.5. The summed E-state index contributed by atoms with van der Waals surface area (Å²) in [6.07, 6.45) is 16.5. The fourth-order valence-corrected chi connectivity index (χ4v) is 11.1. The molecule has 0 heterocycles. The van der Waals surface area contributed by atoms with Gasteiger partial charge in [0, 0.05) is 10.8 Å². The first-order chi connectivity index (χ1) is 18.5. The minimum atomic E-state index is 0.0206. The smallest absolute Gasteiger partial charge is 0.200 e. The molecular weight excluding hydrogens is 468 g/mol. The van der Waals surface area contributed by atoms with Gasteiger partial charge in [-0.05, 0) is 137 Å². The Morgan fingerprint density at radius 2 is 0.868 bits per heavy atom. The molecule has 200 valence electrons. The third-order valence-corrected chi connectivity index (χ3v) is 11.7. The van der Waals surface area contributed by atoms with Gasteiger partial charge in [0.1, 0.15) is 11.5 Å². The van der Waals surface area contributed by atoms with E-state index in [-0.39, 0.29) is 5.78 Å². The van der Waals surface area contributed by atoms with Crippen molar-refractivity contribution in [3.63, 3.8) is 0 Å². The van der Waals surface area contributed by atoms with Crippen LogP contribution in [-0.4, -0.2) is 19.0 Å². The fourth-order valence-electron chi connectivity index (χ4n) is 11.1. The molecule has 10 rings (SSSR count). The second-order valence-electron chi connectivity index (χ2n) is 14.7. The molecule has 0 unspecified atom stereocenters. The first kappa shape index (κ1) is 23.6. The van der Waals surface area contributed by atoms with Crippen molar-refractivity contribution in [3.05, 3.63) is 59.7 Å². The summed E-state index contributed by atoms with van der Waals surface area (Å²) in [5.74, 6) is 6.92. The molecule has 2 aromatic rings. The van der Waals surface area contributed by atoms with Gasteiger partial charge in [0.25, 0.3) is 0 Å².